The zero-order chi connectivity index (χ0) is 15.8. The van der Waals surface area contributed by atoms with Gasteiger partial charge in [0.25, 0.3) is 0 Å². The third-order valence-electron chi connectivity index (χ3n) is 2.54. The average Bonchev–Trinajstić information content (AvgIpc) is 2.39. The zero-order valence-corrected chi connectivity index (χ0v) is 13.6. The zero-order valence-electron chi connectivity index (χ0n) is 11.3. The predicted octanol–water partition coefficient (Wildman–Crippen LogP) is 3.33. The molecule has 1 amide bonds. The monoisotopic (exact) mass is 347 g/mol. The molecule has 0 saturated carbocycles. The molecule has 7 heteroatoms. The number of carbonyl (C=O) groups excluding carboxylic acids is 1. The lowest BCUT2D eigenvalue weighted by molar-refractivity contribution is -0.141. The summed E-state index contributed by atoms with van der Waals surface area (Å²) in [6, 6.07) is 4.00. The Morgan fingerprint density at radius 1 is 1.33 bits per heavy atom. The minimum absolute atomic E-state index is 0.374. The van der Waals surface area contributed by atoms with Gasteiger partial charge in [0.1, 0.15) is 6.04 Å². The van der Waals surface area contributed by atoms with Gasteiger partial charge < -0.3 is 10.4 Å². The van der Waals surface area contributed by atoms with Crippen molar-refractivity contribution in [2.75, 3.05) is 12.0 Å². The van der Waals surface area contributed by atoms with Crippen LogP contribution < -0.4 is 5.32 Å². The summed E-state index contributed by atoms with van der Waals surface area (Å²) < 4.78 is 0. The van der Waals surface area contributed by atoms with Gasteiger partial charge in [-0.3, -0.25) is 4.79 Å². The van der Waals surface area contributed by atoms with E-state index < -0.39 is 17.9 Å². The Morgan fingerprint density at radius 3 is 2.48 bits per heavy atom. The Bertz CT molecular complexity index is 529. The molecular formula is C14H15Cl2NO3S. The van der Waals surface area contributed by atoms with Crippen LogP contribution in [0.15, 0.2) is 24.3 Å². The summed E-state index contributed by atoms with van der Waals surface area (Å²) in [5.74, 6) is -0.860. The molecule has 0 aromatic heterocycles. The second-order valence-electron chi connectivity index (χ2n) is 4.22. The molecule has 4 nitrogen and oxygen atoms in total. The first-order valence-corrected chi connectivity index (χ1v) is 8.23. The van der Waals surface area contributed by atoms with E-state index in [2.05, 4.69) is 5.32 Å². The molecule has 0 aliphatic rings. The summed E-state index contributed by atoms with van der Waals surface area (Å²) in [6.45, 7) is 0. The molecule has 21 heavy (non-hydrogen) atoms. The molecule has 0 aliphatic heterocycles. The molecule has 0 aliphatic carbocycles. The van der Waals surface area contributed by atoms with Crippen LogP contribution in [0.3, 0.4) is 0 Å². The first-order chi connectivity index (χ1) is 9.92. The number of nitrogens with one attached hydrogen (secondary N) is 1. The largest absolute Gasteiger partial charge is 0.480 e. The number of thioether (sulfide) groups is 1. The molecule has 0 heterocycles. The number of hydrogen-bond acceptors (Lipinski definition) is 3. The van der Waals surface area contributed by atoms with E-state index in [-0.39, 0.29) is 0 Å². The van der Waals surface area contributed by atoms with Gasteiger partial charge in [-0.15, -0.1) is 0 Å². The van der Waals surface area contributed by atoms with Gasteiger partial charge in [-0.05, 0) is 48.3 Å². The second kappa shape index (κ2) is 8.97. The van der Waals surface area contributed by atoms with Gasteiger partial charge in [0.2, 0.25) is 5.91 Å². The molecule has 1 rings (SSSR count). The average molecular weight is 348 g/mol. The predicted molar refractivity (Wildman–Crippen MR) is 88.1 cm³/mol. The van der Waals surface area contributed by atoms with Crippen molar-refractivity contribution >= 4 is 52.9 Å². The number of rotatable bonds is 7. The lowest BCUT2D eigenvalue weighted by Gasteiger charge is -2.12. The minimum Gasteiger partial charge on any atom is -0.480 e. The van der Waals surface area contributed by atoms with Crippen LogP contribution in [0.2, 0.25) is 10.0 Å². The molecule has 1 atom stereocenters. The number of benzene rings is 1. The maximum atomic E-state index is 11.7. The summed E-state index contributed by atoms with van der Waals surface area (Å²) in [5.41, 5.74) is 0.665. The van der Waals surface area contributed by atoms with Crippen molar-refractivity contribution in [1.29, 1.82) is 0 Å². The van der Waals surface area contributed by atoms with E-state index in [1.807, 2.05) is 6.26 Å². The SMILES string of the molecule is CSCCC(NC(=O)/C=C/c1cc(Cl)cc(Cl)c1)C(=O)O. The van der Waals surface area contributed by atoms with Crippen molar-refractivity contribution in [3.05, 3.63) is 39.9 Å². The van der Waals surface area contributed by atoms with Crippen LogP contribution >= 0.6 is 35.0 Å². The van der Waals surface area contributed by atoms with Crippen molar-refractivity contribution in [3.8, 4) is 0 Å². The number of hydrogen-bond donors (Lipinski definition) is 2. The molecular weight excluding hydrogens is 333 g/mol. The lowest BCUT2D eigenvalue weighted by atomic mass is 10.2. The Morgan fingerprint density at radius 2 is 1.95 bits per heavy atom. The van der Waals surface area contributed by atoms with Crippen LogP contribution in [0.25, 0.3) is 6.08 Å². The molecule has 0 bridgehead atoms. The van der Waals surface area contributed by atoms with E-state index in [0.717, 1.165) is 0 Å². The fraction of sp³-hybridized carbons (Fsp3) is 0.286. The van der Waals surface area contributed by atoms with E-state index in [9.17, 15) is 9.59 Å². The van der Waals surface area contributed by atoms with Gasteiger partial charge in [0.05, 0.1) is 0 Å². The summed E-state index contributed by atoms with van der Waals surface area (Å²) in [4.78, 5) is 22.8. The van der Waals surface area contributed by atoms with Gasteiger partial charge in [0, 0.05) is 16.1 Å². The van der Waals surface area contributed by atoms with Crippen molar-refractivity contribution in [2.24, 2.45) is 0 Å². The Hall–Kier alpha value is -1.17. The molecule has 114 valence electrons. The lowest BCUT2D eigenvalue weighted by Crippen LogP contribution is -2.40. The van der Waals surface area contributed by atoms with Crippen molar-refractivity contribution < 1.29 is 14.7 Å². The fourth-order valence-electron chi connectivity index (χ4n) is 1.56. The molecule has 0 fully saturated rings. The number of carboxylic acids is 1. The molecule has 1 aromatic carbocycles. The standard InChI is InChI=1S/C14H15Cl2NO3S/c1-21-5-4-12(14(19)20)17-13(18)3-2-9-6-10(15)8-11(16)7-9/h2-3,6-8,12H,4-5H2,1H3,(H,17,18)(H,19,20)/b3-2+. The molecule has 0 saturated heterocycles. The van der Waals surface area contributed by atoms with Crippen molar-refractivity contribution in [2.45, 2.75) is 12.5 Å². The first-order valence-electron chi connectivity index (χ1n) is 6.09. The van der Waals surface area contributed by atoms with Gasteiger partial charge in [-0.2, -0.15) is 11.8 Å². The van der Waals surface area contributed by atoms with E-state index >= 15 is 0 Å². The van der Waals surface area contributed by atoms with Crippen LogP contribution in [0.1, 0.15) is 12.0 Å². The van der Waals surface area contributed by atoms with E-state index in [4.69, 9.17) is 28.3 Å². The molecule has 1 aromatic rings. The topological polar surface area (TPSA) is 66.4 Å². The highest BCUT2D eigenvalue weighted by Gasteiger charge is 2.17. The Kier molecular flexibility index (Phi) is 7.64. The number of carbonyl (C=O) groups is 2. The smallest absolute Gasteiger partial charge is 0.326 e. The summed E-state index contributed by atoms with van der Waals surface area (Å²) >= 11 is 13.2. The van der Waals surface area contributed by atoms with Crippen LogP contribution in [0.5, 0.6) is 0 Å². The highest BCUT2D eigenvalue weighted by molar-refractivity contribution is 7.98. The van der Waals surface area contributed by atoms with Crippen molar-refractivity contribution in [1.82, 2.24) is 5.32 Å². The minimum atomic E-state index is -1.04. The highest BCUT2D eigenvalue weighted by atomic mass is 35.5. The Labute approximate surface area is 137 Å². The molecule has 0 radical (unpaired) electrons. The number of amides is 1. The number of halogens is 2. The van der Waals surface area contributed by atoms with Crippen molar-refractivity contribution in [3.63, 3.8) is 0 Å². The molecule has 0 spiro atoms. The maximum absolute atomic E-state index is 11.7. The van der Waals surface area contributed by atoms with Crippen LogP contribution in [0, 0.1) is 0 Å². The van der Waals surface area contributed by atoms with Crippen LogP contribution in [-0.2, 0) is 9.59 Å². The van der Waals surface area contributed by atoms with E-state index in [0.29, 0.717) is 27.8 Å². The summed E-state index contributed by atoms with van der Waals surface area (Å²) in [6.07, 6.45) is 5.04. The summed E-state index contributed by atoms with van der Waals surface area (Å²) in [7, 11) is 0. The molecule has 1 unspecified atom stereocenters. The van der Waals surface area contributed by atoms with Gasteiger partial charge in [-0.1, -0.05) is 23.2 Å². The van der Waals surface area contributed by atoms with Gasteiger partial charge in [0.15, 0.2) is 0 Å². The first kappa shape index (κ1) is 17.9. The quantitative estimate of drug-likeness (QED) is 0.742. The fourth-order valence-corrected chi connectivity index (χ4v) is 2.57. The second-order valence-corrected chi connectivity index (χ2v) is 6.08. The Balaban J connectivity index is 2.66. The number of carboxylic acid groups (broad SMARTS) is 1. The molecule has 2 N–H and O–H groups in total. The van der Waals surface area contributed by atoms with Crippen LogP contribution in [0.4, 0.5) is 0 Å². The van der Waals surface area contributed by atoms with Crippen LogP contribution in [-0.4, -0.2) is 35.0 Å². The van der Waals surface area contributed by atoms with Gasteiger partial charge in [-0.25, -0.2) is 4.79 Å². The third-order valence-corrected chi connectivity index (χ3v) is 3.62. The van der Waals surface area contributed by atoms with E-state index in [1.165, 1.54) is 23.9 Å². The van der Waals surface area contributed by atoms with Gasteiger partial charge >= 0.3 is 5.97 Å². The highest BCUT2D eigenvalue weighted by Crippen LogP contribution is 2.19. The summed E-state index contributed by atoms with van der Waals surface area (Å²) in [5, 5.41) is 12.4. The number of aliphatic carboxylic acids is 1. The van der Waals surface area contributed by atoms with E-state index in [1.54, 1.807) is 18.2 Å². The normalized spacial score (nSPS) is 12.3. The third kappa shape index (κ3) is 6.89. The maximum Gasteiger partial charge on any atom is 0.326 e.